The normalized spacial score (nSPS) is 16.9. The number of ether oxygens (including phenoxy) is 1. The van der Waals surface area contributed by atoms with E-state index in [1.807, 2.05) is 24.4 Å². The molecule has 0 bridgehead atoms. The third-order valence-electron chi connectivity index (χ3n) is 4.69. The van der Waals surface area contributed by atoms with Crippen molar-refractivity contribution in [2.45, 2.75) is 32.7 Å². The number of aryl methyl sites for hydroxylation is 1. The molecule has 25 heavy (non-hydrogen) atoms. The number of benzene rings is 1. The maximum atomic E-state index is 12.5. The smallest absolute Gasteiger partial charge is 0.342 e. The molecule has 1 fully saturated rings. The van der Waals surface area contributed by atoms with Crippen molar-refractivity contribution >= 4 is 23.2 Å². The van der Waals surface area contributed by atoms with E-state index >= 15 is 0 Å². The van der Waals surface area contributed by atoms with Crippen molar-refractivity contribution < 1.29 is 19.4 Å². The maximum Gasteiger partial charge on any atom is 0.342 e. The van der Waals surface area contributed by atoms with Gasteiger partial charge in [0.1, 0.15) is 11.3 Å². The average Bonchev–Trinajstić information content (AvgIpc) is 3.27. The van der Waals surface area contributed by atoms with Gasteiger partial charge in [-0.05, 0) is 55.3 Å². The van der Waals surface area contributed by atoms with Crippen LogP contribution in [0.2, 0.25) is 0 Å². The quantitative estimate of drug-likeness (QED) is 0.847. The van der Waals surface area contributed by atoms with Crippen LogP contribution in [0.15, 0.2) is 29.6 Å². The Labute approximate surface area is 150 Å². The van der Waals surface area contributed by atoms with Crippen LogP contribution in [-0.4, -0.2) is 35.0 Å². The molecule has 1 aliphatic heterocycles. The zero-order valence-electron chi connectivity index (χ0n) is 14.3. The van der Waals surface area contributed by atoms with Crippen LogP contribution in [0, 0.1) is 13.8 Å². The number of nitrogens with zero attached hydrogens (tertiary/aromatic N) is 1. The van der Waals surface area contributed by atoms with Crippen LogP contribution in [-0.2, 0) is 9.53 Å². The molecule has 1 aromatic heterocycles. The first kappa shape index (κ1) is 17.5. The molecule has 1 amide bonds. The monoisotopic (exact) mass is 359 g/mol. The van der Waals surface area contributed by atoms with E-state index in [9.17, 15) is 14.7 Å². The topological polar surface area (TPSA) is 66.8 Å². The van der Waals surface area contributed by atoms with E-state index in [2.05, 4.69) is 0 Å². The summed E-state index contributed by atoms with van der Waals surface area (Å²) in [4.78, 5) is 27.6. The molecule has 0 radical (unpaired) electrons. The van der Waals surface area contributed by atoms with Gasteiger partial charge in [-0.25, -0.2) is 4.79 Å². The van der Waals surface area contributed by atoms with Crippen LogP contribution < -0.4 is 0 Å². The highest BCUT2D eigenvalue weighted by atomic mass is 32.1. The van der Waals surface area contributed by atoms with Crippen LogP contribution in [0.3, 0.4) is 0 Å². The SMILES string of the molecule is Cc1ccc(C(=O)OCC(=O)N2CCC[C@@H]2c2cccs2)c(O)c1C. The Morgan fingerprint density at radius 1 is 1.32 bits per heavy atom. The van der Waals surface area contributed by atoms with E-state index < -0.39 is 5.97 Å². The number of aromatic hydroxyl groups is 1. The molecule has 0 aliphatic carbocycles. The second kappa shape index (κ2) is 7.27. The Hall–Kier alpha value is -2.34. The summed E-state index contributed by atoms with van der Waals surface area (Å²) in [6.07, 6.45) is 1.87. The molecule has 6 heteroatoms. The lowest BCUT2D eigenvalue weighted by Crippen LogP contribution is -2.34. The predicted octanol–water partition coefficient (Wildman–Crippen LogP) is 3.59. The zero-order valence-corrected chi connectivity index (χ0v) is 15.1. The summed E-state index contributed by atoms with van der Waals surface area (Å²) in [6, 6.07) is 7.35. The maximum absolute atomic E-state index is 12.5. The first-order chi connectivity index (χ1) is 12.0. The van der Waals surface area contributed by atoms with Gasteiger partial charge in [-0.15, -0.1) is 11.3 Å². The fourth-order valence-corrected chi connectivity index (χ4v) is 3.97. The van der Waals surface area contributed by atoms with Gasteiger partial charge in [-0.2, -0.15) is 0 Å². The first-order valence-corrected chi connectivity index (χ1v) is 9.16. The summed E-state index contributed by atoms with van der Waals surface area (Å²) >= 11 is 1.63. The minimum absolute atomic E-state index is 0.0706. The van der Waals surface area contributed by atoms with Crippen molar-refractivity contribution in [2.24, 2.45) is 0 Å². The molecule has 5 nitrogen and oxygen atoms in total. The van der Waals surface area contributed by atoms with Crippen molar-refractivity contribution in [1.82, 2.24) is 4.90 Å². The Kier molecular flexibility index (Phi) is 5.08. The van der Waals surface area contributed by atoms with Crippen LogP contribution in [0.25, 0.3) is 0 Å². The summed E-state index contributed by atoms with van der Waals surface area (Å²) in [5, 5.41) is 12.1. The van der Waals surface area contributed by atoms with Crippen molar-refractivity contribution in [3.8, 4) is 5.75 Å². The Morgan fingerprint density at radius 2 is 2.12 bits per heavy atom. The zero-order chi connectivity index (χ0) is 18.0. The number of carbonyl (C=O) groups excluding carboxylic acids is 2. The largest absolute Gasteiger partial charge is 0.507 e. The van der Waals surface area contributed by atoms with Crippen LogP contribution in [0.1, 0.15) is 45.2 Å². The fourth-order valence-electron chi connectivity index (χ4n) is 3.10. The van der Waals surface area contributed by atoms with E-state index in [4.69, 9.17) is 4.74 Å². The number of carbonyl (C=O) groups is 2. The average molecular weight is 359 g/mol. The first-order valence-electron chi connectivity index (χ1n) is 8.28. The van der Waals surface area contributed by atoms with Crippen LogP contribution in [0.4, 0.5) is 0 Å². The van der Waals surface area contributed by atoms with Gasteiger partial charge in [0.15, 0.2) is 6.61 Å². The van der Waals surface area contributed by atoms with Gasteiger partial charge in [-0.1, -0.05) is 12.1 Å². The van der Waals surface area contributed by atoms with Crippen molar-refractivity contribution in [3.63, 3.8) is 0 Å². The van der Waals surface area contributed by atoms with E-state index in [0.717, 1.165) is 23.3 Å². The highest BCUT2D eigenvalue weighted by Crippen LogP contribution is 2.34. The number of phenolic OH excluding ortho intramolecular Hbond substituents is 1. The highest BCUT2D eigenvalue weighted by molar-refractivity contribution is 7.10. The van der Waals surface area contributed by atoms with Gasteiger partial charge < -0.3 is 14.7 Å². The summed E-state index contributed by atoms with van der Waals surface area (Å²) in [5.74, 6) is -0.969. The summed E-state index contributed by atoms with van der Waals surface area (Å²) < 4.78 is 5.16. The summed E-state index contributed by atoms with van der Waals surface area (Å²) in [6.45, 7) is 3.95. The molecule has 1 aromatic carbocycles. The van der Waals surface area contributed by atoms with E-state index in [0.29, 0.717) is 12.1 Å². The second-order valence-electron chi connectivity index (χ2n) is 6.24. The number of thiophene rings is 1. The minimum Gasteiger partial charge on any atom is -0.507 e. The van der Waals surface area contributed by atoms with Gasteiger partial charge in [-0.3, -0.25) is 4.79 Å². The predicted molar refractivity (Wildman–Crippen MR) is 95.9 cm³/mol. The molecule has 0 spiro atoms. The van der Waals surface area contributed by atoms with Crippen molar-refractivity contribution in [3.05, 3.63) is 51.2 Å². The van der Waals surface area contributed by atoms with Gasteiger partial charge in [0.25, 0.3) is 5.91 Å². The molecule has 1 atom stereocenters. The third-order valence-corrected chi connectivity index (χ3v) is 5.67. The number of amides is 1. The second-order valence-corrected chi connectivity index (χ2v) is 7.22. The fraction of sp³-hybridized carbons (Fsp3) is 0.368. The molecule has 0 unspecified atom stereocenters. The molecule has 2 heterocycles. The number of esters is 1. The third kappa shape index (κ3) is 3.54. The van der Waals surface area contributed by atoms with Crippen molar-refractivity contribution in [1.29, 1.82) is 0 Å². The number of rotatable bonds is 4. The molecule has 132 valence electrons. The number of hydrogen-bond acceptors (Lipinski definition) is 5. The van der Waals surface area contributed by atoms with E-state index in [-0.39, 0.29) is 29.9 Å². The molecule has 3 rings (SSSR count). The Morgan fingerprint density at radius 3 is 2.84 bits per heavy atom. The number of likely N-dealkylation sites (tertiary alicyclic amines) is 1. The molecule has 1 saturated heterocycles. The number of phenols is 1. The molecule has 1 aliphatic rings. The molecule has 0 saturated carbocycles. The van der Waals surface area contributed by atoms with E-state index in [1.165, 1.54) is 6.07 Å². The van der Waals surface area contributed by atoms with Gasteiger partial charge in [0.05, 0.1) is 6.04 Å². The molecule has 2 aromatic rings. The summed E-state index contributed by atoms with van der Waals surface area (Å²) in [7, 11) is 0. The minimum atomic E-state index is -0.680. The highest BCUT2D eigenvalue weighted by Gasteiger charge is 2.31. The van der Waals surface area contributed by atoms with Gasteiger partial charge >= 0.3 is 5.97 Å². The Balaban J connectivity index is 1.64. The Bertz CT molecular complexity index is 785. The molecular weight excluding hydrogens is 338 g/mol. The van der Waals surface area contributed by atoms with Gasteiger partial charge in [0, 0.05) is 11.4 Å². The summed E-state index contributed by atoms with van der Waals surface area (Å²) in [5.41, 5.74) is 1.62. The lowest BCUT2D eigenvalue weighted by atomic mass is 10.0. The van der Waals surface area contributed by atoms with Crippen molar-refractivity contribution in [2.75, 3.05) is 13.2 Å². The molecule has 1 N–H and O–H groups in total. The van der Waals surface area contributed by atoms with Crippen LogP contribution in [0.5, 0.6) is 5.75 Å². The van der Waals surface area contributed by atoms with Crippen LogP contribution >= 0.6 is 11.3 Å². The lowest BCUT2D eigenvalue weighted by Gasteiger charge is -2.23. The standard InChI is InChI=1S/C19H21NO4S/c1-12-7-8-14(18(22)13(12)2)19(23)24-11-17(21)20-9-3-5-15(20)16-6-4-10-25-16/h4,6-8,10,15,22H,3,5,9,11H2,1-2H3/t15-/m1/s1. The molecular formula is C19H21NO4S. The lowest BCUT2D eigenvalue weighted by molar-refractivity contribution is -0.135. The van der Waals surface area contributed by atoms with E-state index in [1.54, 1.807) is 29.2 Å². The number of hydrogen-bond donors (Lipinski definition) is 1. The van der Waals surface area contributed by atoms with Gasteiger partial charge in [0.2, 0.25) is 0 Å².